The van der Waals surface area contributed by atoms with E-state index in [0.717, 1.165) is 11.5 Å². The van der Waals surface area contributed by atoms with Gasteiger partial charge in [0.15, 0.2) is 11.5 Å². The van der Waals surface area contributed by atoms with Gasteiger partial charge in [-0.1, -0.05) is 12.1 Å². The van der Waals surface area contributed by atoms with Gasteiger partial charge in [-0.25, -0.2) is 0 Å². The minimum atomic E-state index is -0.159. The molecule has 0 aliphatic carbocycles. The summed E-state index contributed by atoms with van der Waals surface area (Å²) >= 11 is 1.34. The SMILES string of the molecule is CN(CC(=O)Nc1sccc1C#N)C[C@H]1COc2ccccc2O1. The van der Waals surface area contributed by atoms with Crippen LogP contribution in [0, 0.1) is 11.3 Å². The maximum atomic E-state index is 12.1. The second-order valence-electron chi connectivity index (χ2n) is 5.52. The number of hydrogen-bond donors (Lipinski definition) is 1. The molecule has 0 radical (unpaired) electrons. The van der Waals surface area contributed by atoms with Crippen molar-refractivity contribution in [3.8, 4) is 17.6 Å². The number of benzene rings is 1. The number of nitriles is 1. The molecule has 0 unspecified atom stereocenters. The third-order valence-corrected chi connectivity index (χ3v) is 4.36. The third-order valence-electron chi connectivity index (χ3n) is 3.53. The number of rotatable bonds is 5. The van der Waals surface area contributed by atoms with Crippen molar-refractivity contribution in [3.63, 3.8) is 0 Å². The Labute approximate surface area is 144 Å². The van der Waals surface area contributed by atoms with Crippen molar-refractivity contribution in [2.75, 3.05) is 32.1 Å². The highest BCUT2D eigenvalue weighted by atomic mass is 32.1. The van der Waals surface area contributed by atoms with Crippen LogP contribution in [0.2, 0.25) is 0 Å². The van der Waals surface area contributed by atoms with Gasteiger partial charge >= 0.3 is 0 Å². The fourth-order valence-electron chi connectivity index (χ4n) is 2.47. The molecule has 0 saturated carbocycles. The number of hydrogen-bond acceptors (Lipinski definition) is 6. The molecule has 124 valence electrons. The van der Waals surface area contributed by atoms with Crippen molar-refractivity contribution >= 4 is 22.2 Å². The normalized spacial score (nSPS) is 15.8. The lowest BCUT2D eigenvalue weighted by atomic mass is 10.2. The minimum Gasteiger partial charge on any atom is -0.486 e. The molecular weight excluding hydrogens is 326 g/mol. The Morgan fingerprint density at radius 3 is 3.00 bits per heavy atom. The Hall–Kier alpha value is -2.56. The van der Waals surface area contributed by atoms with E-state index in [1.165, 1.54) is 11.3 Å². The smallest absolute Gasteiger partial charge is 0.239 e. The van der Waals surface area contributed by atoms with Crippen LogP contribution < -0.4 is 14.8 Å². The number of anilines is 1. The van der Waals surface area contributed by atoms with Gasteiger partial charge in [0.2, 0.25) is 5.91 Å². The first kappa shape index (κ1) is 16.3. The van der Waals surface area contributed by atoms with Gasteiger partial charge in [-0.3, -0.25) is 9.69 Å². The minimum absolute atomic E-state index is 0.130. The Bertz CT molecular complexity index is 768. The first-order valence-electron chi connectivity index (χ1n) is 7.50. The van der Waals surface area contributed by atoms with Crippen molar-refractivity contribution in [1.82, 2.24) is 4.90 Å². The summed E-state index contributed by atoms with van der Waals surface area (Å²) < 4.78 is 11.6. The molecular formula is C17H17N3O3S. The average molecular weight is 343 g/mol. The van der Waals surface area contributed by atoms with Crippen molar-refractivity contribution in [2.45, 2.75) is 6.10 Å². The topological polar surface area (TPSA) is 74.6 Å². The predicted molar refractivity (Wildman–Crippen MR) is 91.5 cm³/mol. The molecule has 1 amide bonds. The van der Waals surface area contributed by atoms with E-state index < -0.39 is 0 Å². The highest BCUT2D eigenvalue weighted by Crippen LogP contribution is 2.30. The Balaban J connectivity index is 1.50. The van der Waals surface area contributed by atoms with E-state index >= 15 is 0 Å². The molecule has 1 aliphatic heterocycles. The van der Waals surface area contributed by atoms with Crippen LogP contribution in [0.4, 0.5) is 5.00 Å². The van der Waals surface area contributed by atoms with Gasteiger partial charge in [0.05, 0.1) is 12.1 Å². The monoisotopic (exact) mass is 343 g/mol. The number of carbonyl (C=O) groups is 1. The summed E-state index contributed by atoms with van der Waals surface area (Å²) in [5, 5.41) is 14.1. The summed E-state index contributed by atoms with van der Waals surface area (Å²) in [6.45, 7) is 1.23. The van der Waals surface area contributed by atoms with Crippen molar-refractivity contribution in [3.05, 3.63) is 41.3 Å². The van der Waals surface area contributed by atoms with Crippen LogP contribution in [0.1, 0.15) is 5.56 Å². The number of para-hydroxylation sites is 2. The van der Waals surface area contributed by atoms with Gasteiger partial charge in [0.1, 0.15) is 23.8 Å². The van der Waals surface area contributed by atoms with Crippen LogP contribution in [0.25, 0.3) is 0 Å². The summed E-state index contributed by atoms with van der Waals surface area (Å²) in [5.74, 6) is 1.31. The van der Waals surface area contributed by atoms with E-state index in [1.54, 1.807) is 11.4 Å². The summed E-state index contributed by atoms with van der Waals surface area (Å²) in [6.07, 6.45) is -0.130. The Morgan fingerprint density at radius 1 is 1.42 bits per heavy atom. The lowest BCUT2D eigenvalue weighted by Gasteiger charge is -2.29. The number of likely N-dealkylation sites (N-methyl/N-ethyl adjacent to an activating group) is 1. The van der Waals surface area contributed by atoms with E-state index in [4.69, 9.17) is 14.7 Å². The molecule has 1 atom stereocenters. The highest BCUT2D eigenvalue weighted by molar-refractivity contribution is 7.14. The number of fused-ring (bicyclic) bond motifs is 1. The molecule has 0 saturated heterocycles. The van der Waals surface area contributed by atoms with Gasteiger partial charge in [0, 0.05) is 6.54 Å². The molecule has 0 spiro atoms. The highest BCUT2D eigenvalue weighted by Gasteiger charge is 2.22. The molecule has 0 bridgehead atoms. The number of ether oxygens (including phenoxy) is 2. The number of nitrogens with one attached hydrogen (secondary N) is 1. The van der Waals surface area contributed by atoms with Gasteiger partial charge in [-0.2, -0.15) is 5.26 Å². The molecule has 1 N–H and O–H groups in total. The molecule has 2 aromatic rings. The van der Waals surface area contributed by atoms with Crippen LogP contribution in [-0.2, 0) is 4.79 Å². The predicted octanol–water partition coefficient (Wildman–Crippen LogP) is 2.33. The van der Waals surface area contributed by atoms with Gasteiger partial charge < -0.3 is 14.8 Å². The maximum Gasteiger partial charge on any atom is 0.239 e. The molecule has 1 aliphatic rings. The third kappa shape index (κ3) is 3.85. The molecule has 0 fully saturated rings. The Kier molecular flexibility index (Phi) is 4.99. The van der Waals surface area contributed by atoms with Gasteiger partial charge in [-0.15, -0.1) is 11.3 Å². The van der Waals surface area contributed by atoms with E-state index in [1.807, 2.05) is 36.2 Å². The summed E-state index contributed by atoms with van der Waals surface area (Å²) in [7, 11) is 1.85. The number of amides is 1. The summed E-state index contributed by atoms with van der Waals surface area (Å²) in [5.41, 5.74) is 0.483. The lowest BCUT2D eigenvalue weighted by molar-refractivity contribution is -0.117. The second-order valence-corrected chi connectivity index (χ2v) is 6.43. The molecule has 3 rings (SSSR count). The summed E-state index contributed by atoms with van der Waals surface area (Å²) in [6, 6.07) is 11.3. The fourth-order valence-corrected chi connectivity index (χ4v) is 3.22. The number of carbonyl (C=O) groups excluding carboxylic acids is 1. The van der Waals surface area contributed by atoms with Crippen LogP contribution >= 0.6 is 11.3 Å². The molecule has 1 aromatic heterocycles. The summed E-state index contributed by atoms with van der Waals surface area (Å²) in [4.78, 5) is 14.0. The second kappa shape index (κ2) is 7.34. The van der Waals surface area contributed by atoms with Crippen molar-refractivity contribution in [2.24, 2.45) is 0 Å². The van der Waals surface area contributed by atoms with Gasteiger partial charge in [0.25, 0.3) is 0 Å². The largest absolute Gasteiger partial charge is 0.486 e. The average Bonchev–Trinajstić information content (AvgIpc) is 3.01. The number of nitrogens with zero attached hydrogens (tertiary/aromatic N) is 2. The molecule has 2 heterocycles. The van der Waals surface area contributed by atoms with E-state index in [9.17, 15) is 4.79 Å². The quantitative estimate of drug-likeness (QED) is 0.902. The zero-order valence-electron chi connectivity index (χ0n) is 13.2. The fraction of sp³-hybridized carbons (Fsp3) is 0.294. The van der Waals surface area contributed by atoms with Crippen LogP contribution in [0.5, 0.6) is 11.5 Å². The van der Waals surface area contributed by atoms with Crippen LogP contribution in [-0.4, -0.2) is 43.7 Å². The standard InChI is InChI=1S/C17H17N3O3S/c1-20(10-16(21)19-17-12(8-18)6-7-24-17)9-13-11-22-14-4-2-3-5-15(14)23-13/h2-7,13H,9-11H2,1H3,(H,19,21)/t13-/m0/s1. The molecule has 1 aromatic carbocycles. The first-order valence-corrected chi connectivity index (χ1v) is 8.38. The number of thiophene rings is 1. The van der Waals surface area contributed by atoms with E-state index in [0.29, 0.717) is 23.7 Å². The van der Waals surface area contributed by atoms with Crippen LogP contribution in [0.3, 0.4) is 0 Å². The van der Waals surface area contributed by atoms with Crippen molar-refractivity contribution < 1.29 is 14.3 Å². The van der Waals surface area contributed by atoms with Crippen LogP contribution in [0.15, 0.2) is 35.7 Å². The lowest BCUT2D eigenvalue weighted by Crippen LogP contribution is -2.42. The zero-order valence-corrected chi connectivity index (χ0v) is 14.0. The zero-order chi connectivity index (χ0) is 16.9. The van der Waals surface area contributed by atoms with Crippen molar-refractivity contribution in [1.29, 1.82) is 5.26 Å². The van der Waals surface area contributed by atoms with E-state index in [-0.39, 0.29) is 18.6 Å². The molecule has 24 heavy (non-hydrogen) atoms. The Morgan fingerprint density at radius 2 is 2.21 bits per heavy atom. The van der Waals surface area contributed by atoms with Gasteiger partial charge in [-0.05, 0) is 30.6 Å². The maximum absolute atomic E-state index is 12.1. The first-order chi connectivity index (χ1) is 11.7. The molecule has 7 heteroatoms. The molecule has 6 nitrogen and oxygen atoms in total. The van der Waals surface area contributed by atoms with E-state index in [2.05, 4.69) is 11.4 Å².